The van der Waals surface area contributed by atoms with Crippen molar-refractivity contribution >= 4 is 54.7 Å². The van der Waals surface area contributed by atoms with E-state index in [0.717, 1.165) is 15.6 Å². The molecule has 0 radical (unpaired) electrons. The van der Waals surface area contributed by atoms with Crippen LogP contribution in [-0.4, -0.2) is 17.1 Å². The van der Waals surface area contributed by atoms with E-state index < -0.39 is 0 Å². The lowest BCUT2D eigenvalue weighted by Crippen LogP contribution is -2.25. The number of anilines is 1. The molecule has 1 amide bonds. The molecular weight excluding hydrogens is 489 g/mol. The third kappa shape index (κ3) is 4.95. The highest BCUT2D eigenvalue weighted by atomic mass is 79.9. The maximum Gasteiger partial charge on any atom is 0.280 e. The standard InChI is InChI=1S/C25H21BrFN3OS/c1-25(2,3)18-8-6-17(7-9-18)23(31)30(28-15-16-4-10-19(26)11-5-16)24-29-21-13-12-20(27)14-22(21)32-24/h4-15H,1-3H3/b28-15+. The van der Waals surface area contributed by atoms with Gasteiger partial charge in [0.25, 0.3) is 5.91 Å². The van der Waals surface area contributed by atoms with Crippen molar-refractivity contribution in [2.75, 3.05) is 5.01 Å². The number of benzene rings is 3. The van der Waals surface area contributed by atoms with Crippen molar-refractivity contribution in [3.05, 3.63) is 93.7 Å². The van der Waals surface area contributed by atoms with Gasteiger partial charge in [-0.25, -0.2) is 9.37 Å². The quantitative estimate of drug-likeness (QED) is 0.216. The van der Waals surface area contributed by atoms with Crippen LogP contribution in [0.15, 0.2) is 76.3 Å². The normalized spacial score (nSPS) is 11.9. The number of nitrogens with zero attached hydrogens (tertiary/aromatic N) is 3. The Kier molecular flexibility index (Phi) is 6.22. The number of hydrogen-bond acceptors (Lipinski definition) is 4. The zero-order chi connectivity index (χ0) is 22.9. The topological polar surface area (TPSA) is 45.6 Å². The number of carbonyl (C=O) groups excluding carboxylic acids is 1. The first-order valence-corrected chi connectivity index (χ1v) is 11.6. The summed E-state index contributed by atoms with van der Waals surface area (Å²) in [7, 11) is 0. The molecule has 162 valence electrons. The Bertz CT molecular complexity index is 1290. The van der Waals surface area contributed by atoms with E-state index >= 15 is 0 Å². The highest BCUT2D eigenvalue weighted by molar-refractivity contribution is 9.10. The largest absolute Gasteiger partial charge is 0.280 e. The van der Waals surface area contributed by atoms with Gasteiger partial charge in [-0.3, -0.25) is 4.79 Å². The molecule has 0 unspecified atom stereocenters. The Morgan fingerprint density at radius 1 is 1.06 bits per heavy atom. The van der Waals surface area contributed by atoms with E-state index in [1.54, 1.807) is 24.4 Å². The number of amides is 1. The zero-order valence-electron chi connectivity index (χ0n) is 17.8. The van der Waals surface area contributed by atoms with Gasteiger partial charge >= 0.3 is 0 Å². The van der Waals surface area contributed by atoms with Crippen LogP contribution in [0.25, 0.3) is 10.2 Å². The molecule has 0 saturated carbocycles. The van der Waals surface area contributed by atoms with E-state index in [-0.39, 0.29) is 17.1 Å². The zero-order valence-corrected chi connectivity index (χ0v) is 20.2. The van der Waals surface area contributed by atoms with Crippen LogP contribution in [0.5, 0.6) is 0 Å². The fourth-order valence-corrected chi connectivity index (χ4v) is 4.29. The van der Waals surface area contributed by atoms with Gasteiger partial charge in [0.2, 0.25) is 5.13 Å². The summed E-state index contributed by atoms with van der Waals surface area (Å²) in [6.45, 7) is 6.37. The first-order chi connectivity index (χ1) is 15.2. The number of carbonyl (C=O) groups is 1. The van der Waals surface area contributed by atoms with E-state index in [0.29, 0.717) is 20.9 Å². The van der Waals surface area contributed by atoms with E-state index in [1.165, 1.54) is 28.5 Å². The second-order valence-corrected chi connectivity index (χ2v) is 10.3. The Morgan fingerprint density at radius 2 is 1.75 bits per heavy atom. The third-order valence-electron chi connectivity index (χ3n) is 4.90. The average molecular weight is 510 g/mol. The lowest BCUT2D eigenvalue weighted by Gasteiger charge is -2.19. The molecule has 7 heteroatoms. The van der Waals surface area contributed by atoms with E-state index in [9.17, 15) is 9.18 Å². The second-order valence-electron chi connectivity index (χ2n) is 8.35. The molecule has 3 aromatic carbocycles. The molecule has 0 fully saturated rings. The number of aromatic nitrogens is 1. The number of hydrogen-bond donors (Lipinski definition) is 0. The molecule has 0 bridgehead atoms. The Balaban J connectivity index is 1.73. The lowest BCUT2D eigenvalue weighted by atomic mass is 9.87. The van der Waals surface area contributed by atoms with Gasteiger partial charge in [0.05, 0.1) is 16.4 Å². The van der Waals surface area contributed by atoms with Crippen LogP contribution in [-0.2, 0) is 5.41 Å². The summed E-state index contributed by atoms with van der Waals surface area (Å²) in [5, 5.41) is 6.11. The minimum atomic E-state index is -0.346. The van der Waals surface area contributed by atoms with Gasteiger partial charge in [-0.05, 0) is 59.0 Å². The van der Waals surface area contributed by atoms with Crippen molar-refractivity contribution in [3.8, 4) is 0 Å². The predicted molar refractivity (Wildman–Crippen MR) is 133 cm³/mol. The maximum atomic E-state index is 13.7. The van der Waals surface area contributed by atoms with Crippen LogP contribution < -0.4 is 5.01 Å². The third-order valence-corrected chi connectivity index (χ3v) is 6.43. The second kappa shape index (κ2) is 8.92. The molecule has 0 N–H and O–H groups in total. The van der Waals surface area contributed by atoms with Gasteiger partial charge in [-0.2, -0.15) is 10.1 Å². The van der Waals surface area contributed by atoms with Crippen molar-refractivity contribution in [2.24, 2.45) is 5.10 Å². The molecule has 1 aromatic heterocycles. The van der Waals surface area contributed by atoms with E-state index in [2.05, 4.69) is 46.8 Å². The molecule has 0 spiro atoms. The molecule has 0 aliphatic heterocycles. The fraction of sp³-hybridized carbons (Fsp3) is 0.160. The fourth-order valence-electron chi connectivity index (χ4n) is 3.07. The number of thiazole rings is 1. The molecule has 1 heterocycles. The van der Waals surface area contributed by atoms with Gasteiger partial charge in [0.1, 0.15) is 5.82 Å². The molecule has 4 aromatic rings. The van der Waals surface area contributed by atoms with Gasteiger partial charge < -0.3 is 0 Å². The van der Waals surface area contributed by atoms with Crippen LogP contribution >= 0.6 is 27.3 Å². The molecule has 0 aliphatic rings. The first-order valence-electron chi connectivity index (χ1n) is 10.0. The number of fused-ring (bicyclic) bond motifs is 1. The van der Waals surface area contributed by atoms with Crippen LogP contribution in [0.1, 0.15) is 42.3 Å². The Labute approximate surface area is 198 Å². The monoisotopic (exact) mass is 509 g/mol. The van der Waals surface area contributed by atoms with Crippen molar-refractivity contribution < 1.29 is 9.18 Å². The molecule has 0 atom stereocenters. The molecule has 0 aliphatic carbocycles. The number of rotatable bonds is 4. The van der Waals surface area contributed by atoms with Gasteiger partial charge in [-0.15, -0.1) is 0 Å². The summed E-state index contributed by atoms with van der Waals surface area (Å²) in [5.74, 6) is -0.653. The molecular formula is C25H21BrFN3OS. The SMILES string of the molecule is CC(C)(C)c1ccc(C(=O)N(/N=C/c2ccc(Br)cc2)c2nc3ccc(F)cc3s2)cc1. The Hall–Kier alpha value is -2.90. The maximum absolute atomic E-state index is 13.7. The van der Waals surface area contributed by atoms with Gasteiger partial charge in [0, 0.05) is 10.0 Å². The smallest absolute Gasteiger partial charge is 0.267 e. The van der Waals surface area contributed by atoms with Crippen LogP contribution in [0.4, 0.5) is 9.52 Å². The van der Waals surface area contributed by atoms with Crippen LogP contribution in [0, 0.1) is 5.82 Å². The van der Waals surface area contributed by atoms with Crippen molar-refractivity contribution in [1.29, 1.82) is 0 Å². The van der Waals surface area contributed by atoms with Crippen molar-refractivity contribution in [3.63, 3.8) is 0 Å². The average Bonchev–Trinajstić information content (AvgIpc) is 3.17. The predicted octanol–water partition coefficient (Wildman–Crippen LogP) is 7.18. The first kappa shape index (κ1) is 22.3. The minimum absolute atomic E-state index is 0.0158. The van der Waals surface area contributed by atoms with E-state index in [1.807, 2.05) is 36.4 Å². The molecule has 4 nitrogen and oxygen atoms in total. The summed E-state index contributed by atoms with van der Waals surface area (Å²) >= 11 is 4.63. The van der Waals surface area contributed by atoms with Crippen molar-refractivity contribution in [2.45, 2.75) is 26.2 Å². The molecule has 32 heavy (non-hydrogen) atoms. The molecule has 4 rings (SSSR count). The summed E-state index contributed by atoms with van der Waals surface area (Å²) in [5.41, 5.74) is 3.07. The number of halogens is 2. The van der Waals surface area contributed by atoms with Crippen LogP contribution in [0.2, 0.25) is 0 Å². The summed E-state index contributed by atoms with van der Waals surface area (Å²) in [6, 6.07) is 19.5. The summed E-state index contributed by atoms with van der Waals surface area (Å²) < 4.78 is 15.3. The van der Waals surface area contributed by atoms with Gasteiger partial charge in [-0.1, -0.05) is 72.3 Å². The number of hydrazone groups is 1. The molecule has 0 saturated heterocycles. The van der Waals surface area contributed by atoms with E-state index in [4.69, 9.17) is 0 Å². The minimum Gasteiger partial charge on any atom is -0.267 e. The lowest BCUT2D eigenvalue weighted by molar-refractivity contribution is 0.0988. The Morgan fingerprint density at radius 3 is 2.41 bits per heavy atom. The highest BCUT2D eigenvalue weighted by Crippen LogP contribution is 2.31. The van der Waals surface area contributed by atoms with Gasteiger partial charge in [0.15, 0.2) is 0 Å². The van der Waals surface area contributed by atoms with Crippen molar-refractivity contribution in [1.82, 2.24) is 4.98 Å². The summed E-state index contributed by atoms with van der Waals surface area (Å²) in [4.78, 5) is 17.9. The highest BCUT2D eigenvalue weighted by Gasteiger charge is 2.22. The summed E-state index contributed by atoms with van der Waals surface area (Å²) in [6.07, 6.45) is 1.61. The van der Waals surface area contributed by atoms with Crippen LogP contribution in [0.3, 0.4) is 0 Å².